The lowest BCUT2D eigenvalue weighted by atomic mass is 9.80. The van der Waals surface area contributed by atoms with E-state index in [4.69, 9.17) is 0 Å². The molecule has 0 saturated heterocycles. The maximum Gasteiger partial charge on any atom is 0.271 e. The number of nitrogens with one attached hydrogen (secondary N) is 1. The van der Waals surface area contributed by atoms with Gasteiger partial charge in [-0.3, -0.25) is 9.48 Å². The molecule has 132 valence electrons. The third-order valence-electron chi connectivity index (χ3n) is 4.58. The standard InChI is InChI=1S/C18H33N3O2/c1-8-14(9-2)21-13(5)10-15(20-21)17(23)19-11-18(6,7)16(22)12(3)4/h10,12,14,16,22H,8-9,11H2,1-7H3,(H,19,23). The van der Waals surface area contributed by atoms with E-state index < -0.39 is 6.10 Å². The van der Waals surface area contributed by atoms with E-state index in [1.54, 1.807) is 0 Å². The molecule has 0 radical (unpaired) electrons. The zero-order valence-corrected chi connectivity index (χ0v) is 15.7. The average molecular weight is 323 g/mol. The molecule has 2 N–H and O–H groups in total. The Morgan fingerprint density at radius 2 is 1.91 bits per heavy atom. The van der Waals surface area contributed by atoms with Crippen LogP contribution in [0.25, 0.3) is 0 Å². The van der Waals surface area contributed by atoms with Crippen LogP contribution in [0.15, 0.2) is 6.07 Å². The number of aliphatic hydroxyl groups excluding tert-OH is 1. The van der Waals surface area contributed by atoms with Gasteiger partial charge < -0.3 is 10.4 Å². The highest BCUT2D eigenvalue weighted by molar-refractivity contribution is 5.92. The second-order valence-corrected chi connectivity index (χ2v) is 7.45. The van der Waals surface area contributed by atoms with Gasteiger partial charge in [-0.1, -0.05) is 41.5 Å². The molecular formula is C18H33N3O2. The van der Waals surface area contributed by atoms with Crippen molar-refractivity contribution in [2.45, 2.75) is 73.5 Å². The van der Waals surface area contributed by atoms with Crippen LogP contribution in [0.3, 0.4) is 0 Å². The molecule has 1 aromatic heterocycles. The first-order chi connectivity index (χ1) is 10.6. The number of aryl methyl sites for hydroxylation is 1. The first-order valence-corrected chi connectivity index (χ1v) is 8.66. The predicted octanol–water partition coefficient (Wildman–Crippen LogP) is 3.33. The highest BCUT2D eigenvalue weighted by Crippen LogP contribution is 2.25. The van der Waals surface area contributed by atoms with Crippen molar-refractivity contribution in [3.05, 3.63) is 17.5 Å². The van der Waals surface area contributed by atoms with Crippen molar-refractivity contribution in [2.75, 3.05) is 6.54 Å². The van der Waals surface area contributed by atoms with Crippen LogP contribution in [0, 0.1) is 18.3 Å². The number of amides is 1. The van der Waals surface area contributed by atoms with Gasteiger partial charge in [0.1, 0.15) is 5.69 Å². The van der Waals surface area contributed by atoms with Crippen LogP contribution >= 0.6 is 0 Å². The summed E-state index contributed by atoms with van der Waals surface area (Å²) in [5, 5.41) is 17.6. The molecule has 1 unspecified atom stereocenters. The van der Waals surface area contributed by atoms with Crippen molar-refractivity contribution in [3.63, 3.8) is 0 Å². The number of hydrogen-bond donors (Lipinski definition) is 2. The number of aromatic nitrogens is 2. The molecule has 0 aliphatic rings. The van der Waals surface area contributed by atoms with Crippen molar-refractivity contribution in [1.29, 1.82) is 0 Å². The van der Waals surface area contributed by atoms with Gasteiger partial charge in [0.2, 0.25) is 0 Å². The van der Waals surface area contributed by atoms with Gasteiger partial charge in [0.15, 0.2) is 0 Å². The Morgan fingerprint density at radius 1 is 1.35 bits per heavy atom. The predicted molar refractivity (Wildman–Crippen MR) is 93.5 cm³/mol. The van der Waals surface area contributed by atoms with Gasteiger partial charge in [-0.2, -0.15) is 5.10 Å². The summed E-state index contributed by atoms with van der Waals surface area (Å²) in [6.07, 6.45) is 1.52. The Morgan fingerprint density at radius 3 is 2.39 bits per heavy atom. The number of aliphatic hydroxyl groups is 1. The number of hydrogen-bond acceptors (Lipinski definition) is 3. The first-order valence-electron chi connectivity index (χ1n) is 8.66. The SMILES string of the molecule is CCC(CC)n1nc(C(=O)NCC(C)(C)C(O)C(C)C)cc1C. The minimum atomic E-state index is -0.466. The molecular weight excluding hydrogens is 290 g/mol. The third kappa shape index (κ3) is 4.80. The van der Waals surface area contributed by atoms with Crippen LogP contribution in [-0.2, 0) is 0 Å². The average Bonchev–Trinajstić information content (AvgIpc) is 2.87. The van der Waals surface area contributed by atoms with Crippen LogP contribution in [-0.4, -0.2) is 33.4 Å². The summed E-state index contributed by atoms with van der Waals surface area (Å²) in [6, 6.07) is 2.16. The van der Waals surface area contributed by atoms with E-state index in [0.29, 0.717) is 18.3 Å². The monoisotopic (exact) mass is 323 g/mol. The van der Waals surface area contributed by atoms with Crippen LogP contribution in [0.2, 0.25) is 0 Å². The normalized spacial score (nSPS) is 13.7. The molecule has 0 bridgehead atoms. The summed E-state index contributed by atoms with van der Waals surface area (Å²) in [5.74, 6) is -0.0277. The smallest absolute Gasteiger partial charge is 0.271 e. The molecule has 5 nitrogen and oxygen atoms in total. The van der Waals surface area contributed by atoms with Gasteiger partial charge in [0, 0.05) is 17.7 Å². The quantitative estimate of drug-likeness (QED) is 0.771. The fourth-order valence-electron chi connectivity index (χ4n) is 3.01. The number of rotatable bonds is 8. The van der Waals surface area contributed by atoms with E-state index in [1.807, 2.05) is 45.4 Å². The molecule has 0 aliphatic carbocycles. The topological polar surface area (TPSA) is 67.2 Å². The Balaban J connectivity index is 2.78. The molecule has 0 saturated carbocycles. The van der Waals surface area contributed by atoms with E-state index >= 15 is 0 Å². The van der Waals surface area contributed by atoms with E-state index in [0.717, 1.165) is 18.5 Å². The Hall–Kier alpha value is -1.36. The lowest BCUT2D eigenvalue weighted by Gasteiger charge is -2.33. The van der Waals surface area contributed by atoms with Crippen molar-refractivity contribution < 1.29 is 9.90 Å². The van der Waals surface area contributed by atoms with E-state index in [1.165, 1.54) is 0 Å². The highest BCUT2D eigenvalue weighted by atomic mass is 16.3. The minimum absolute atomic E-state index is 0.151. The van der Waals surface area contributed by atoms with Crippen LogP contribution < -0.4 is 5.32 Å². The summed E-state index contributed by atoms with van der Waals surface area (Å²) in [7, 11) is 0. The fraction of sp³-hybridized carbons (Fsp3) is 0.778. The first kappa shape index (κ1) is 19.7. The van der Waals surface area contributed by atoms with Crippen LogP contribution in [0.1, 0.15) is 76.6 Å². The van der Waals surface area contributed by atoms with Gasteiger partial charge in [0.05, 0.1) is 12.1 Å². The molecule has 1 atom stereocenters. The zero-order chi connectivity index (χ0) is 17.8. The number of carbonyl (C=O) groups is 1. The van der Waals surface area contributed by atoms with Crippen molar-refractivity contribution >= 4 is 5.91 Å². The van der Waals surface area contributed by atoms with Crippen molar-refractivity contribution in [3.8, 4) is 0 Å². The molecule has 23 heavy (non-hydrogen) atoms. The summed E-state index contributed by atoms with van der Waals surface area (Å²) < 4.78 is 1.95. The highest BCUT2D eigenvalue weighted by Gasteiger charge is 2.31. The zero-order valence-electron chi connectivity index (χ0n) is 15.7. The van der Waals surface area contributed by atoms with Gasteiger partial charge in [-0.05, 0) is 31.7 Å². The Kier molecular flexibility index (Phi) is 6.81. The van der Waals surface area contributed by atoms with E-state index in [-0.39, 0.29) is 17.2 Å². The lowest BCUT2D eigenvalue weighted by Crippen LogP contribution is -2.43. The Labute approximate surface area is 140 Å². The van der Waals surface area contributed by atoms with Gasteiger partial charge >= 0.3 is 0 Å². The van der Waals surface area contributed by atoms with Gasteiger partial charge in [-0.15, -0.1) is 0 Å². The lowest BCUT2D eigenvalue weighted by molar-refractivity contribution is 0.0138. The molecule has 1 rings (SSSR count). The minimum Gasteiger partial charge on any atom is -0.392 e. The fourth-order valence-corrected chi connectivity index (χ4v) is 3.01. The van der Waals surface area contributed by atoms with Crippen molar-refractivity contribution in [2.24, 2.45) is 11.3 Å². The maximum atomic E-state index is 12.4. The Bertz CT molecular complexity index is 516. The van der Waals surface area contributed by atoms with E-state index in [9.17, 15) is 9.90 Å². The van der Waals surface area contributed by atoms with E-state index in [2.05, 4.69) is 24.3 Å². The van der Waals surface area contributed by atoms with Crippen LogP contribution in [0.4, 0.5) is 0 Å². The number of carbonyl (C=O) groups excluding carboxylic acids is 1. The second kappa shape index (κ2) is 7.95. The third-order valence-corrected chi connectivity index (χ3v) is 4.58. The summed E-state index contributed by atoms with van der Waals surface area (Å²) in [4.78, 5) is 12.4. The molecule has 1 aromatic rings. The maximum absolute atomic E-state index is 12.4. The second-order valence-electron chi connectivity index (χ2n) is 7.45. The van der Waals surface area contributed by atoms with Gasteiger partial charge in [-0.25, -0.2) is 0 Å². The summed E-state index contributed by atoms with van der Waals surface area (Å²) in [6.45, 7) is 14.5. The van der Waals surface area contributed by atoms with Crippen LogP contribution in [0.5, 0.6) is 0 Å². The molecule has 1 amide bonds. The molecule has 5 heteroatoms. The molecule has 0 fully saturated rings. The molecule has 0 spiro atoms. The van der Waals surface area contributed by atoms with Crippen molar-refractivity contribution in [1.82, 2.24) is 15.1 Å². The molecule has 0 aliphatic heterocycles. The molecule has 1 heterocycles. The molecule has 0 aromatic carbocycles. The van der Waals surface area contributed by atoms with Gasteiger partial charge in [0.25, 0.3) is 5.91 Å². The number of nitrogens with zero attached hydrogens (tertiary/aromatic N) is 2. The summed E-state index contributed by atoms with van der Waals surface area (Å²) in [5.41, 5.74) is 1.08. The largest absolute Gasteiger partial charge is 0.392 e. The summed E-state index contributed by atoms with van der Waals surface area (Å²) >= 11 is 0.